The van der Waals surface area contributed by atoms with E-state index < -0.39 is 17.8 Å². The molecule has 1 aliphatic heterocycles. The summed E-state index contributed by atoms with van der Waals surface area (Å²) in [6.07, 6.45) is -0.0477. The number of allylic oxidation sites excluding steroid dienone is 1. The Morgan fingerprint density at radius 1 is 1.19 bits per heavy atom. The van der Waals surface area contributed by atoms with Gasteiger partial charge in [-0.1, -0.05) is 17.7 Å². The number of carbonyl (C=O) groups excluding carboxylic acids is 1. The Balaban J connectivity index is 1.80. The molecule has 0 spiro atoms. The van der Waals surface area contributed by atoms with E-state index in [9.17, 15) is 18.0 Å². The number of nitrogens with zero attached hydrogens (tertiary/aromatic N) is 2. The van der Waals surface area contributed by atoms with Gasteiger partial charge in [-0.2, -0.15) is 18.3 Å². The Kier molecular flexibility index (Phi) is 6.98. The second-order valence-corrected chi connectivity index (χ2v) is 7.66. The molecule has 1 aliphatic rings. The Bertz CT molecular complexity index is 1070. The lowest BCUT2D eigenvalue weighted by Crippen LogP contribution is -2.26. The van der Waals surface area contributed by atoms with Gasteiger partial charge in [-0.25, -0.2) is 4.79 Å². The molecule has 0 bridgehead atoms. The number of carbonyl (C=O) groups is 1. The number of urea groups is 1. The number of rotatable bonds is 5. The van der Waals surface area contributed by atoms with Crippen LogP contribution in [0.5, 0.6) is 5.75 Å². The van der Waals surface area contributed by atoms with Crippen LogP contribution in [0.2, 0.25) is 5.02 Å². The highest BCUT2D eigenvalue weighted by Gasteiger charge is 2.31. The number of anilines is 2. The number of hydrogen-bond donors (Lipinski definition) is 2. The average molecular weight is 467 g/mol. The van der Waals surface area contributed by atoms with Gasteiger partial charge in [0.25, 0.3) is 0 Å². The molecule has 0 unspecified atom stereocenters. The summed E-state index contributed by atoms with van der Waals surface area (Å²) in [6, 6.07) is 7.28. The molecule has 0 fully saturated rings. The molecule has 2 aromatic carbocycles. The van der Waals surface area contributed by atoms with Crippen LogP contribution in [-0.4, -0.2) is 30.4 Å². The molecule has 0 radical (unpaired) electrons. The lowest BCUT2D eigenvalue weighted by Gasteiger charge is -2.29. The van der Waals surface area contributed by atoms with Crippen molar-refractivity contribution in [2.75, 3.05) is 17.7 Å². The number of nitrogens with one attached hydrogen (secondary N) is 2. The first-order valence-corrected chi connectivity index (χ1v) is 10.1. The van der Waals surface area contributed by atoms with E-state index in [1.807, 2.05) is 24.9 Å². The van der Waals surface area contributed by atoms with E-state index in [-0.39, 0.29) is 16.8 Å². The Morgan fingerprint density at radius 2 is 1.94 bits per heavy atom. The van der Waals surface area contributed by atoms with E-state index >= 15 is 0 Å². The Hall–Kier alpha value is -3.20. The first-order valence-electron chi connectivity index (χ1n) is 9.75. The molecule has 0 saturated heterocycles. The van der Waals surface area contributed by atoms with Gasteiger partial charge >= 0.3 is 12.2 Å². The topological polar surface area (TPSA) is 66.0 Å². The van der Waals surface area contributed by atoms with Gasteiger partial charge in [-0.15, -0.1) is 0 Å². The lowest BCUT2D eigenvalue weighted by atomic mass is 10.1. The number of halogens is 4. The number of hydrogen-bond acceptors (Lipinski definition) is 4. The first-order chi connectivity index (χ1) is 15.1. The van der Waals surface area contributed by atoms with Crippen LogP contribution < -0.4 is 15.4 Å². The van der Waals surface area contributed by atoms with Crippen LogP contribution in [0.3, 0.4) is 0 Å². The van der Waals surface area contributed by atoms with Gasteiger partial charge in [0, 0.05) is 29.9 Å². The summed E-state index contributed by atoms with van der Waals surface area (Å²) in [7, 11) is 1.55. The van der Waals surface area contributed by atoms with Crippen LogP contribution >= 0.6 is 11.6 Å². The van der Waals surface area contributed by atoms with Crippen molar-refractivity contribution in [3.05, 3.63) is 58.6 Å². The molecule has 6 nitrogen and oxygen atoms in total. The highest BCUT2D eigenvalue weighted by atomic mass is 35.5. The molecule has 10 heteroatoms. The minimum absolute atomic E-state index is 0.0567. The molecule has 0 aromatic heterocycles. The second kappa shape index (κ2) is 9.52. The minimum atomic E-state index is -4.52. The zero-order valence-electron chi connectivity index (χ0n) is 17.6. The predicted molar refractivity (Wildman–Crippen MR) is 120 cm³/mol. The highest BCUT2D eigenvalue weighted by Crippen LogP contribution is 2.35. The van der Waals surface area contributed by atoms with Gasteiger partial charge in [-0.3, -0.25) is 5.01 Å². The third-order valence-electron chi connectivity index (χ3n) is 4.64. The van der Waals surface area contributed by atoms with Crippen molar-refractivity contribution in [1.82, 2.24) is 5.01 Å². The van der Waals surface area contributed by atoms with Crippen molar-refractivity contribution < 1.29 is 22.7 Å². The van der Waals surface area contributed by atoms with Crippen molar-refractivity contribution >= 4 is 40.9 Å². The fourth-order valence-electron chi connectivity index (χ4n) is 3.16. The largest absolute Gasteiger partial charge is 0.496 e. The van der Waals surface area contributed by atoms with E-state index in [2.05, 4.69) is 15.7 Å². The Morgan fingerprint density at radius 3 is 2.56 bits per heavy atom. The highest BCUT2D eigenvalue weighted by molar-refractivity contribution is 6.33. The van der Waals surface area contributed by atoms with Crippen molar-refractivity contribution in [3.8, 4) is 5.75 Å². The molecule has 2 aromatic rings. The molecule has 0 saturated carbocycles. The van der Waals surface area contributed by atoms with E-state index in [0.717, 1.165) is 29.5 Å². The lowest BCUT2D eigenvalue weighted by molar-refractivity contribution is -0.137. The summed E-state index contributed by atoms with van der Waals surface area (Å²) in [4.78, 5) is 12.4. The second-order valence-electron chi connectivity index (χ2n) is 7.25. The van der Waals surface area contributed by atoms with E-state index in [1.54, 1.807) is 31.5 Å². The summed E-state index contributed by atoms with van der Waals surface area (Å²) in [5.74, 6) is 0.607. The number of benzene rings is 2. The van der Waals surface area contributed by atoms with Crippen molar-refractivity contribution in [2.45, 2.75) is 32.5 Å². The fraction of sp³-hybridized carbons (Fsp3) is 0.273. The van der Waals surface area contributed by atoms with E-state index in [0.29, 0.717) is 17.9 Å². The maximum Gasteiger partial charge on any atom is 0.416 e. The number of alkyl halides is 3. The van der Waals surface area contributed by atoms with Gasteiger partial charge < -0.3 is 15.4 Å². The SMILES string of the molecule is COc1ccc(NC(=O)Nc2ccc(C(F)(F)F)cc2Cl)cc1C1=CCC=NN1C(C)C. The van der Waals surface area contributed by atoms with Crippen molar-refractivity contribution in [2.24, 2.45) is 5.10 Å². The van der Waals surface area contributed by atoms with Crippen LogP contribution in [0.4, 0.5) is 29.3 Å². The quantitative estimate of drug-likeness (QED) is 0.532. The normalized spacial score (nSPS) is 13.8. The van der Waals surface area contributed by atoms with Gasteiger partial charge in [0.2, 0.25) is 0 Å². The average Bonchev–Trinajstić information content (AvgIpc) is 2.74. The number of ether oxygens (including phenoxy) is 1. The van der Waals surface area contributed by atoms with Crippen LogP contribution in [0.15, 0.2) is 47.6 Å². The zero-order valence-corrected chi connectivity index (χ0v) is 18.4. The molecule has 1 heterocycles. The summed E-state index contributed by atoms with van der Waals surface area (Å²) in [5.41, 5.74) is 1.20. The van der Waals surface area contributed by atoms with E-state index in [4.69, 9.17) is 16.3 Å². The van der Waals surface area contributed by atoms with Crippen molar-refractivity contribution in [1.29, 1.82) is 0 Å². The van der Waals surface area contributed by atoms with Gasteiger partial charge in [-0.05, 0) is 50.2 Å². The van der Waals surface area contributed by atoms with Crippen LogP contribution in [-0.2, 0) is 6.18 Å². The summed E-state index contributed by atoms with van der Waals surface area (Å²) >= 11 is 5.91. The van der Waals surface area contributed by atoms with Gasteiger partial charge in [0.05, 0.1) is 29.1 Å². The summed E-state index contributed by atoms with van der Waals surface area (Å²) in [5, 5.41) is 11.2. The fourth-order valence-corrected chi connectivity index (χ4v) is 3.39. The van der Waals surface area contributed by atoms with Gasteiger partial charge in [0.1, 0.15) is 5.75 Å². The number of hydrazone groups is 1. The molecule has 0 aliphatic carbocycles. The molecule has 2 N–H and O–H groups in total. The number of methoxy groups -OCH3 is 1. The van der Waals surface area contributed by atoms with Crippen LogP contribution in [0, 0.1) is 0 Å². The molecular formula is C22H22ClF3N4O2. The van der Waals surface area contributed by atoms with E-state index in [1.165, 1.54) is 0 Å². The van der Waals surface area contributed by atoms with Crippen molar-refractivity contribution in [3.63, 3.8) is 0 Å². The molecular weight excluding hydrogens is 445 g/mol. The third kappa shape index (κ3) is 5.34. The smallest absolute Gasteiger partial charge is 0.416 e. The molecule has 3 rings (SSSR count). The maximum absolute atomic E-state index is 12.8. The third-order valence-corrected chi connectivity index (χ3v) is 4.95. The Labute approximate surface area is 188 Å². The summed E-state index contributed by atoms with van der Waals surface area (Å²) in [6.45, 7) is 4.01. The summed E-state index contributed by atoms with van der Waals surface area (Å²) < 4.78 is 43.9. The molecule has 170 valence electrons. The molecule has 0 atom stereocenters. The van der Waals surface area contributed by atoms with Gasteiger partial charge in [0.15, 0.2) is 0 Å². The standard InChI is InChI=1S/C22H22ClF3N4O2/c1-13(2)30-19(5-4-10-27-30)16-12-15(7-9-20(16)32-3)28-21(31)29-18-8-6-14(11-17(18)23)22(24,25)26/h5-13H,4H2,1-3H3,(H2,28,29,31). The first kappa shape index (κ1) is 23.5. The molecule has 2 amide bonds. The monoisotopic (exact) mass is 466 g/mol. The minimum Gasteiger partial charge on any atom is -0.496 e. The maximum atomic E-state index is 12.8. The zero-order chi connectivity index (χ0) is 23.5. The van der Waals surface area contributed by atoms with Crippen LogP contribution in [0.25, 0.3) is 5.70 Å². The predicted octanol–water partition coefficient (Wildman–Crippen LogP) is 6.45. The number of amides is 2. The van der Waals surface area contributed by atoms with Crippen LogP contribution in [0.1, 0.15) is 31.4 Å². The molecule has 32 heavy (non-hydrogen) atoms.